The molecule has 1 aliphatic carbocycles. The van der Waals surface area contributed by atoms with Crippen LogP contribution in [0, 0.1) is 23.7 Å². The van der Waals surface area contributed by atoms with E-state index in [-0.39, 0.29) is 0 Å². The van der Waals surface area contributed by atoms with Gasteiger partial charge in [-0.2, -0.15) is 0 Å². The molecule has 0 N–H and O–H groups in total. The van der Waals surface area contributed by atoms with Gasteiger partial charge in [-0.3, -0.25) is 0 Å². The highest BCUT2D eigenvalue weighted by Gasteiger charge is 2.41. The second kappa shape index (κ2) is 5.78. The van der Waals surface area contributed by atoms with Gasteiger partial charge in [0.2, 0.25) is 0 Å². The summed E-state index contributed by atoms with van der Waals surface area (Å²) in [4.78, 5) is 0. The first kappa shape index (κ1) is 12.1. The molecule has 4 atom stereocenters. The molecule has 1 saturated carbocycles. The minimum absolute atomic E-state index is 1.02. The van der Waals surface area contributed by atoms with Gasteiger partial charge in [0.15, 0.2) is 0 Å². The Hall–Kier alpha value is 0. The van der Waals surface area contributed by atoms with Gasteiger partial charge in [0, 0.05) is 0 Å². The highest BCUT2D eigenvalue weighted by Crippen LogP contribution is 2.49. The van der Waals surface area contributed by atoms with Crippen molar-refractivity contribution in [2.45, 2.75) is 66.2 Å². The molecule has 0 heteroatoms. The van der Waals surface area contributed by atoms with Crippen LogP contribution in [0.1, 0.15) is 66.2 Å². The summed E-state index contributed by atoms with van der Waals surface area (Å²) >= 11 is 0. The van der Waals surface area contributed by atoms with Crippen molar-refractivity contribution in [1.29, 1.82) is 0 Å². The fourth-order valence-corrected chi connectivity index (χ4v) is 3.17. The summed E-state index contributed by atoms with van der Waals surface area (Å²) in [6.07, 6.45) is 8.62. The molecule has 0 amide bonds. The maximum Gasteiger partial charge on any atom is -0.0355 e. The zero-order chi connectivity index (χ0) is 10.6. The van der Waals surface area contributed by atoms with Crippen LogP contribution in [0.25, 0.3) is 0 Å². The topological polar surface area (TPSA) is 0 Å². The molecule has 14 heavy (non-hydrogen) atoms. The van der Waals surface area contributed by atoms with Crippen LogP contribution < -0.4 is 0 Å². The molecule has 0 aromatic heterocycles. The average molecular weight is 196 g/mol. The Labute approximate surface area is 90.5 Å². The van der Waals surface area contributed by atoms with Crippen LogP contribution >= 0.6 is 0 Å². The number of rotatable bonds is 7. The highest BCUT2D eigenvalue weighted by atomic mass is 14.5. The summed E-state index contributed by atoms with van der Waals surface area (Å²) in [6.45, 7) is 9.50. The zero-order valence-corrected chi connectivity index (χ0v) is 10.6. The molecular formula is C14H28. The number of hydrogen-bond acceptors (Lipinski definition) is 0. The molecule has 0 heterocycles. The van der Waals surface area contributed by atoms with Gasteiger partial charge in [0.25, 0.3) is 0 Å². The lowest BCUT2D eigenvalue weighted by molar-refractivity contribution is 0.243. The molecule has 0 aromatic rings. The lowest BCUT2D eigenvalue weighted by Gasteiger charge is -2.26. The van der Waals surface area contributed by atoms with E-state index in [1.165, 1.54) is 38.5 Å². The van der Waals surface area contributed by atoms with Gasteiger partial charge < -0.3 is 0 Å². The van der Waals surface area contributed by atoms with Gasteiger partial charge in [-0.05, 0) is 30.1 Å². The van der Waals surface area contributed by atoms with Crippen LogP contribution in [0.5, 0.6) is 0 Å². The molecule has 0 saturated heterocycles. The summed E-state index contributed by atoms with van der Waals surface area (Å²) in [5, 5.41) is 0. The largest absolute Gasteiger partial charge is 0.0654 e. The first-order chi connectivity index (χ1) is 6.74. The fraction of sp³-hybridized carbons (Fsp3) is 1.00. The smallest absolute Gasteiger partial charge is 0.0355 e. The van der Waals surface area contributed by atoms with Crippen LogP contribution in [0.4, 0.5) is 0 Å². The van der Waals surface area contributed by atoms with Crippen molar-refractivity contribution in [2.24, 2.45) is 23.7 Å². The minimum atomic E-state index is 1.02. The molecule has 1 aliphatic rings. The third-order valence-corrected chi connectivity index (χ3v) is 4.13. The molecule has 84 valence electrons. The van der Waals surface area contributed by atoms with Crippen molar-refractivity contribution in [2.75, 3.05) is 0 Å². The summed E-state index contributed by atoms with van der Waals surface area (Å²) in [5.41, 5.74) is 0. The van der Waals surface area contributed by atoms with E-state index in [0.29, 0.717) is 0 Å². The molecule has 4 unspecified atom stereocenters. The minimum Gasteiger partial charge on any atom is -0.0654 e. The first-order valence-electron chi connectivity index (χ1n) is 6.74. The van der Waals surface area contributed by atoms with E-state index >= 15 is 0 Å². The summed E-state index contributed by atoms with van der Waals surface area (Å²) in [7, 11) is 0. The first-order valence-corrected chi connectivity index (χ1v) is 6.74. The van der Waals surface area contributed by atoms with Gasteiger partial charge in [0.1, 0.15) is 0 Å². The molecule has 0 spiro atoms. The van der Waals surface area contributed by atoms with E-state index in [2.05, 4.69) is 27.7 Å². The molecule has 0 radical (unpaired) electrons. The Morgan fingerprint density at radius 2 is 1.64 bits per heavy atom. The zero-order valence-electron chi connectivity index (χ0n) is 10.6. The van der Waals surface area contributed by atoms with Crippen molar-refractivity contribution in [3.05, 3.63) is 0 Å². The molecule has 1 fully saturated rings. The second-order valence-corrected chi connectivity index (χ2v) is 5.29. The van der Waals surface area contributed by atoms with Crippen LogP contribution in [0.3, 0.4) is 0 Å². The summed E-state index contributed by atoms with van der Waals surface area (Å²) < 4.78 is 0. The number of hydrogen-bond donors (Lipinski definition) is 0. The van der Waals surface area contributed by atoms with Crippen molar-refractivity contribution in [3.63, 3.8) is 0 Å². The fourth-order valence-electron chi connectivity index (χ4n) is 3.17. The van der Waals surface area contributed by atoms with Crippen molar-refractivity contribution < 1.29 is 0 Å². The van der Waals surface area contributed by atoms with Crippen molar-refractivity contribution in [3.8, 4) is 0 Å². The molecule has 0 nitrogen and oxygen atoms in total. The van der Waals surface area contributed by atoms with Crippen LogP contribution in [0.2, 0.25) is 0 Å². The Kier molecular flexibility index (Phi) is 4.98. The quantitative estimate of drug-likeness (QED) is 0.544. The molecule has 0 aliphatic heterocycles. The molecular weight excluding hydrogens is 168 g/mol. The van der Waals surface area contributed by atoms with Crippen LogP contribution in [-0.2, 0) is 0 Å². The van der Waals surface area contributed by atoms with Crippen molar-refractivity contribution in [1.82, 2.24) is 0 Å². The molecule has 1 rings (SSSR count). The SMILES string of the molecule is CCCC(CC)C(CCC)C1CC1C. The normalized spacial score (nSPS) is 30.0. The maximum absolute atomic E-state index is 2.44. The Morgan fingerprint density at radius 1 is 1.07 bits per heavy atom. The Bertz CT molecular complexity index is 150. The highest BCUT2D eigenvalue weighted by molar-refractivity contribution is 4.90. The molecule has 0 aromatic carbocycles. The van der Waals surface area contributed by atoms with Crippen LogP contribution in [0.15, 0.2) is 0 Å². The van der Waals surface area contributed by atoms with Gasteiger partial charge in [0.05, 0.1) is 0 Å². The second-order valence-electron chi connectivity index (χ2n) is 5.29. The maximum atomic E-state index is 2.44. The summed E-state index contributed by atoms with van der Waals surface area (Å²) in [6, 6.07) is 0. The monoisotopic (exact) mass is 196 g/mol. The Balaban J connectivity index is 2.46. The standard InChI is InChI=1S/C14H28/c1-5-8-12(7-3)13(9-6-2)14-10-11(14)4/h11-14H,5-10H2,1-4H3. The Morgan fingerprint density at radius 3 is 2.00 bits per heavy atom. The average Bonchev–Trinajstić information content (AvgIpc) is 2.89. The van der Waals surface area contributed by atoms with Gasteiger partial charge in [-0.1, -0.05) is 59.8 Å². The molecule has 0 bridgehead atoms. The predicted octanol–water partition coefficient (Wildman–Crippen LogP) is 4.89. The third-order valence-electron chi connectivity index (χ3n) is 4.13. The van der Waals surface area contributed by atoms with E-state index in [1.807, 2.05) is 0 Å². The van der Waals surface area contributed by atoms with Gasteiger partial charge >= 0.3 is 0 Å². The lowest BCUT2D eigenvalue weighted by Crippen LogP contribution is -2.17. The third kappa shape index (κ3) is 3.00. The van der Waals surface area contributed by atoms with E-state index < -0.39 is 0 Å². The van der Waals surface area contributed by atoms with Gasteiger partial charge in [-0.25, -0.2) is 0 Å². The summed E-state index contributed by atoms with van der Waals surface area (Å²) in [5.74, 6) is 4.21. The van der Waals surface area contributed by atoms with Crippen LogP contribution in [-0.4, -0.2) is 0 Å². The van der Waals surface area contributed by atoms with E-state index in [1.54, 1.807) is 0 Å². The van der Waals surface area contributed by atoms with E-state index in [0.717, 1.165) is 23.7 Å². The van der Waals surface area contributed by atoms with Gasteiger partial charge in [-0.15, -0.1) is 0 Å². The lowest BCUT2D eigenvalue weighted by atomic mass is 9.80. The van der Waals surface area contributed by atoms with E-state index in [9.17, 15) is 0 Å². The van der Waals surface area contributed by atoms with E-state index in [4.69, 9.17) is 0 Å². The van der Waals surface area contributed by atoms with Crippen molar-refractivity contribution >= 4 is 0 Å². The predicted molar refractivity (Wildman–Crippen MR) is 64.4 cm³/mol.